The Morgan fingerprint density at radius 3 is 2.50 bits per heavy atom. The van der Waals surface area contributed by atoms with Crippen LogP contribution in [0.2, 0.25) is 10.0 Å². The number of halogens is 3. The number of ether oxygens (including phenoxy) is 2. The van der Waals surface area contributed by atoms with Gasteiger partial charge in [0.05, 0.1) is 17.5 Å². The van der Waals surface area contributed by atoms with Gasteiger partial charge in [0.1, 0.15) is 10.8 Å². The van der Waals surface area contributed by atoms with Crippen molar-refractivity contribution >= 4 is 40.8 Å². The first-order valence-electron chi connectivity index (χ1n) is 6.23. The number of alkyl halides is 1. The molecule has 0 heterocycles. The summed E-state index contributed by atoms with van der Waals surface area (Å²) >= 11 is 18.8. The van der Waals surface area contributed by atoms with Crippen LogP contribution in [0.15, 0.2) is 12.1 Å². The predicted molar refractivity (Wildman–Crippen MR) is 82.0 cm³/mol. The third-order valence-corrected chi connectivity index (χ3v) is 4.64. The molecule has 0 aliphatic heterocycles. The quantitative estimate of drug-likeness (QED) is 0.548. The van der Waals surface area contributed by atoms with Crippen molar-refractivity contribution in [3.8, 4) is 5.75 Å². The molecule has 1 rings (SSSR count). The first-order valence-corrected chi connectivity index (χ1v) is 7.43. The minimum Gasteiger partial charge on any atom is -0.480 e. The highest BCUT2D eigenvalue weighted by atomic mass is 35.5. The number of benzene rings is 1. The summed E-state index contributed by atoms with van der Waals surface area (Å²) < 4.78 is 9.75. The molecule has 0 aliphatic rings. The fourth-order valence-electron chi connectivity index (χ4n) is 1.58. The van der Waals surface area contributed by atoms with Gasteiger partial charge < -0.3 is 9.47 Å². The van der Waals surface area contributed by atoms with Crippen LogP contribution in [0.25, 0.3) is 0 Å². The Kier molecular flexibility index (Phi) is 6.93. The molecule has 0 saturated carbocycles. The Balaban J connectivity index is 2.94. The van der Waals surface area contributed by atoms with Crippen LogP contribution in [0.3, 0.4) is 0 Å². The minimum atomic E-state index is -0.490. The van der Waals surface area contributed by atoms with Gasteiger partial charge in [-0.15, -0.1) is 11.6 Å². The van der Waals surface area contributed by atoms with Crippen LogP contribution < -0.4 is 4.74 Å². The zero-order valence-electron chi connectivity index (χ0n) is 11.6. The van der Waals surface area contributed by atoms with Crippen LogP contribution in [0.1, 0.15) is 31.2 Å². The van der Waals surface area contributed by atoms with E-state index in [1.807, 2.05) is 6.92 Å². The molecule has 0 radical (unpaired) electrons. The Hall–Kier alpha value is -0.640. The zero-order valence-corrected chi connectivity index (χ0v) is 13.9. The Morgan fingerprint density at radius 1 is 1.30 bits per heavy atom. The van der Waals surface area contributed by atoms with Crippen LogP contribution in [0, 0.1) is 5.92 Å². The molecule has 112 valence electrons. The molecule has 20 heavy (non-hydrogen) atoms. The van der Waals surface area contributed by atoms with Gasteiger partial charge in [-0.25, -0.2) is 4.79 Å². The van der Waals surface area contributed by atoms with E-state index in [0.717, 1.165) is 12.0 Å². The molecule has 0 fully saturated rings. The van der Waals surface area contributed by atoms with Gasteiger partial charge in [-0.05, 0) is 17.5 Å². The number of rotatable bonds is 6. The van der Waals surface area contributed by atoms with Gasteiger partial charge in [0.25, 0.3) is 0 Å². The number of methoxy groups -OCH3 is 1. The van der Waals surface area contributed by atoms with Crippen molar-refractivity contribution in [2.75, 3.05) is 13.7 Å². The predicted octanol–water partition coefficient (Wildman–Crippen LogP) is 4.87. The van der Waals surface area contributed by atoms with E-state index in [1.165, 1.54) is 7.11 Å². The van der Waals surface area contributed by atoms with Gasteiger partial charge in [0.2, 0.25) is 0 Å². The highest BCUT2D eigenvalue weighted by Gasteiger charge is 2.21. The van der Waals surface area contributed by atoms with Crippen molar-refractivity contribution in [2.45, 2.75) is 25.6 Å². The number of esters is 1. The monoisotopic (exact) mass is 338 g/mol. The number of carbonyl (C=O) groups excluding carboxylic acids is 1. The van der Waals surface area contributed by atoms with Crippen molar-refractivity contribution in [1.82, 2.24) is 0 Å². The van der Waals surface area contributed by atoms with Gasteiger partial charge in [0.15, 0.2) is 6.61 Å². The lowest BCUT2D eigenvalue weighted by molar-refractivity contribution is -0.142. The summed E-state index contributed by atoms with van der Waals surface area (Å²) in [6, 6.07) is 3.43. The second-order valence-corrected chi connectivity index (χ2v) is 5.66. The van der Waals surface area contributed by atoms with E-state index >= 15 is 0 Å². The van der Waals surface area contributed by atoms with E-state index in [4.69, 9.17) is 39.5 Å². The van der Waals surface area contributed by atoms with Crippen molar-refractivity contribution < 1.29 is 14.3 Å². The molecule has 0 N–H and O–H groups in total. The average Bonchev–Trinajstić information content (AvgIpc) is 2.46. The maximum absolute atomic E-state index is 11.0. The van der Waals surface area contributed by atoms with Gasteiger partial charge in [-0.2, -0.15) is 0 Å². The molecular weight excluding hydrogens is 323 g/mol. The molecule has 0 bridgehead atoms. The van der Waals surface area contributed by atoms with E-state index in [9.17, 15) is 4.79 Å². The van der Waals surface area contributed by atoms with E-state index < -0.39 is 5.97 Å². The van der Waals surface area contributed by atoms with Crippen LogP contribution in [-0.4, -0.2) is 19.7 Å². The maximum atomic E-state index is 11.0. The molecule has 2 unspecified atom stereocenters. The van der Waals surface area contributed by atoms with Crippen LogP contribution >= 0.6 is 34.8 Å². The number of hydrogen-bond donors (Lipinski definition) is 0. The third-order valence-electron chi connectivity index (χ3n) is 3.09. The van der Waals surface area contributed by atoms with Crippen LogP contribution in [-0.2, 0) is 9.53 Å². The fraction of sp³-hybridized carbons (Fsp3) is 0.500. The SMILES string of the molecule is CCC(C)C(Cl)c1ccc(OCC(=O)OC)c(Cl)c1Cl. The molecule has 0 aliphatic carbocycles. The largest absolute Gasteiger partial charge is 0.480 e. The molecule has 1 aromatic rings. The lowest BCUT2D eigenvalue weighted by atomic mass is 9.98. The Morgan fingerprint density at radius 2 is 1.95 bits per heavy atom. The lowest BCUT2D eigenvalue weighted by Gasteiger charge is -2.19. The Labute approximate surface area is 134 Å². The molecule has 0 saturated heterocycles. The standard InChI is InChI=1S/C14H17Cl3O3/c1-4-8(2)12(15)9-5-6-10(14(17)13(9)16)20-7-11(18)19-3/h5-6,8,12H,4,7H2,1-3H3. The highest BCUT2D eigenvalue weighted by Crippen LogP contribution is 2.42. The molecule has 0 amide bonds. The first kappa shape index (κ1) is 17.4. The van der Waals surface area contributed by atoms with Crippen molar-refractivity contribution in [3.63, 3.8) is 0 Å². The van der Waals surface area contributed by atoms with Crippen molar-refractivity contribution in [1.29, 1.82) is 0 Å². The van der Waals surface area contributed by atoms with Crippen molar-refractivity contribution in [3.05, 3.63) is 27.7 Å². The van der Waals surface area contributed by atoms with Gasteiger partial charge in [-0.3, -0.25) is 0 Å². The third kappa shape index (κ3) is 4.18. The smallest absolute Gasteiger partial charge is 0.343 e. The minimum absolute atomic E-state index is 0.221. The number of carbonyl (C=O) groups is 1. The molecule has 0 spiro atoms. The molecule has 1 aromatic carbocycles. The van der Waals surface area contributed by atoms with Crippen LogP contribution in [0.5, 0.6) is 5.75 Å². The summed E-state index contributed by atoms with van der Waals surface area (Å²) in [6.45, 7) is 3.88. The fourth-order valence-corrected chi connectivity index (χ4v) is 2.50. The van der Waals surface area contributed by atoms with E-state index in [2.05, 4.69) is 11.7 Å². The van der Waals surface area contributed by atoms with Crippen molar-refractivity contribution in [2.24, 2.45) is 5.92 Å². The van der Waals surface area contributed by atoms with E-state index in [1.54, 1.807) is 12.1 Å². The summed E-state index contributed by atoms with van der Waals surface area (Å²) in [4.78, 5) is 11.0. The van der Waals surface area contributed by atoms with Gasteiger partial charge in [0, 0.05) is 0 Å². The molecule has 6 heteroatoms. The van der Waals surface area contributed by atoms with E-state index in [-0.39, 0.29) is 22.9 Å². The molecule has 3 nitrogen and oxygen atoms in total. The summed E-state index contributed by atoms with van der Waals surface area (Å²) in [6.07, 6.45) is 0.933. The second-order valence-electron chi connectivity index (χ2n) is 4.43. The topological polar surface area (TPSA) is 35.5 Å². The average molecular weight is 340 g/mol. The highest BCUT2D eigenvalue weighted by molar-refractivity contribution is 6.44. The lowest BCUT2D eigenvalue weighted by Crippen LogP contribution is -2.13. The summed E-state index contributed by atoms with van der Waals surface area (Å²) in [5.74, 6) is 0.113. The van der Waals surface area contributed by atoms with Crippen LogP contribution in [0.4, 0.5) is 0 Å². The molecular formula is C14H17Cl3O3. The first-order chi connectivity index (χ1) is 9.42. The normalized spacial score (nSPS) is 13.7. The van der Waals surface area contributed by atoms with Gasteiger partial charge in [-0.1, -0.05) is 49.5 Å². The van der Waals surface area contributed by atoms with Gasteiger partial charge >= 0.3 is 5.97 Å². The summed E-state index contributed by atoms with van der Waals surface area (Å²) in [5, 5.41) is 0.385. The van der Waals surface area contributed by atoms with E-state index in [0.29, 0.717) is 10.8 Å². The summed E-state index contributed by atoms with van der Waals surface area (Å²) in [5.41, 5.74) is 0.762. The molecule has 2 atom stereocenters. The zero-order chi connectivity index (χ0) is 15.3. The second kappa shape index (κ2) is 7.96. The Bertz CT molecular complexity index is 477. The number of hydrogen-bond acceptors (Lipinski definition) is 3. The maximum Gasteiger partial charge on any atom is 0.343 e. The molecule has 0 aromatic heterocycles. The summed E-state index contributed by atoms with van der Waals surface area (Å²) in [7, 11) is 1.29.